The molecule has 1 aromatic carbocycles. The third-order valence-electron chi connectivity index (χ3n) is 1.26. The van der Waals surface area contributed by atoms with Gasteiger partial charge in [0, 0.05) is 0 Å². The van der Waals surface area contributed by atoms with Crippen molar-refractivity contribution < 1.29 is 4.84 Å². The van der Waals surface area contributed by atoms with E-state index in [-0.39, 0.29) is 0 Å². The highest BCUT2D eigenvalue weighted by atomic mass is 35.5. The Bertz CT molecular complexity index is 255. The van der Waals surface area contributed by atoms with Crippen LogP contribution in [0, 0.1) is 0 Å². The van der Waals surface area contributed by atoms with Crippen LogP contribution in [0.25, 0.3) is 0 Å². The molecule has 78 valence electrons. The zero-order valence-electron chi connectivity index (χ0n) is 8.83. The number of oxime groups is 1. The van der Waals surface area contributed by atoms with Crippen molar-refractivity contribution in [1.29, 1.82) is 0 Å². The lowest BCUT2D eigenvalue weighted by Crippen LogP contribution is -1.87. The zero-order chi connectivity index (χ0) is 10.8. The van der Waals surface area contributed by atoms with Crippen LogP contribution in [0.2, 0.25) is 0 Å². The molecule has 0 aromatic heterocycles. The predicted molar refractivity (Wildman–Crippen MR) is 61.5 cm³/mol. The summed E-state index contributed by atoms with van der Waals surface area (Å²) in [6.07, 6.45) is 0. The topological polar surface area (TPSA) is 21.6 Å². The lowest BCUT2D eigenvalue weighted by Gasteiger charge is -1.98. The van der Waals surface area contributed by atoms with Crippen molar-refractivity contribution >= 4 is 16.8 Å². The first-order chi connectivity index (χ1) is 6.79. The molecule has 0 saturated heterocycles. The van der Waals surface area contributed by atoms with Crippen molar-refractivity contribution in [2.75, 3.05) is 0 Å². The molecule has 0 saturated carbocycles. The molecule has 2 nitrogen and oxygen atoms in total. The molecular formula is C11H16ClNO. The van der Waals surface area contributed by atoms with Gasteiger partial charge in [0.05, 0.1) is 0 Å². The van der Waals surface area contributed by atoms with Crippen LogP contribution in [-0.4, -0.2) is 5.17 Å². The van der Waals surface area contributed by atoms with E-state index in [9.17, 15) is 0 Å². The molecule has 0 amide bonds. The molecule has 0 aliphatic heterocycles. The van der Waals surface area contributed by atoms with Gasteiger partial charge in [0.25, 0.3) is 0 Å². The highest BCUT2D eigenvalue weighted by molar-refractivity contribution is 6.64. The quantitative estimate of drug-likeness (QED) is 0.553. The molecule has 0 unspecified atom stereocenters. The molecule has 0 atom stereocenters. The molecule has 0 radical (unpaired) electrons. The Morgan fingerprint density at radius 3 is 2.36 bits per heavy atom. The number of benzene rings is 1. The molecule has 14 heavy (non-hydrogen) atoms. The Morgan fingerprint density at radius 2 is 1.86 bits per heavy atom. The maximum atomic E-state index is 5.47. The van der Waals surface area contributed by atoms with Crippen LogP contribution in [0.4, 0.5) is 0 Å². The van der Waals surface area contributed by atoms with Gasteiger partial charge in [-0.25, -0.2) is 0 Å². The normalized spacial score (nSPS) is 10.1. The van der Waals surface area contributed by atoms with Gasteiger partial charge in [-0.1, -0.05) is 60.9 Å². The average Bonchev–Trinajstić information content (AvgIpc) is 2.22. The lowest BCUT2D eigenvalue weighted by atomic mass is 10.2. The van der Waals surface area contributed by atoms with Crippen LogP contribution in [0.3, 0.4) is 0 Å². The van der Waals surface area contributed by atoms with Gasteiger partial charge >= 0.3 is 0 Å². The highest BCUT2D eigenvalue weighted by Gasteiger charge is 1.89. The van der Waals surface area contributed by atoms with E-state index in [2.05, 4.69) is 5.16 Å². The van der Waals surface area contributed by atoms with E-state index < -0.39 is 0 Å². The summed E-state index contributed by atoms with van der Waals surface area (Å²) >= 11 is 5.47. The number of rotatable bonds is 3. The van der Waals surface area contributed by atoms with Crippen molar-refractivity contribution in [3.05, 3.63) is 35.9 Å². The molecule has 0 N–H and O–H groups in total. The SMILES string of the molecule is C/C(Cl)=N/OCc1ccccc1.CC. The first-order valence-electron chi connectivity index (χ1n) is 4.65. The Balaban J connectivity index is 0.000000791. The second-order valence-corrected chi connectivity index (χ2v) is 2.89. The molecule has 0 bridgehead atoms. The van der Waals surface area contributed by atoms with E-state index in [1.54, 1.807) is 6.92 Å². The third kappa shape index (κ3) is 6.49. The smallest absolute Gasteiger partial charge is 0.142 e. The van der Waals surface area contributed by atoms with E-state index in [1.807, 2.05) is 44.2 Å². The minimum absolute atomic E-state index is 0.408. The molecular weight excluding hydrogens is 198 g/mol. The van der Waals surface area contributed by atoms with E-state index in [1.165, 1.54) is 0 Å². The van der Waals surface area contributed by atoms with Crippen LogP contribution in [-0.2, 0) is 11.4 Å². The highest BCUT2D eigenvalue weighted by Crippen LogP contribution is 2.00. The molecule has 0 heterocycles. The number of hydrogen-bond acceptors (Lipinski definition) is 2. The van der Waals surface area contributed by atoms with E-state index in [4.69, 9.17) is 16.4 Å². The van der Waals surface area contributed by atoms with Crippen LogP contribution >= 0.6 is 11.6 Å². The first kappa shape index (κ1) is 13.0. The fraction of sp³-hybridized carbons (Fsp3) is 0.364. The number of halogens is 1. The predicted octanol–water partition coefficient (Wildman–Crippen LogP) is 3.80. The minimum atomic E-state index is 0.408. The zero-order valence-corrected chi connectivity index (χ0v) is 9.58. The van der Waals surface area contributed by atoms with E-state index >= 15 is 0 Å². The summed E-state index contributed by atoms with van der Waals surface area (Å²) in [6.45, 7) is 6.14. The molecule has 0 aliphatic carbocycles. The fourth-order valence-electron chi connectivity index (χ4n) is 0.770. The second-order valence-electron chi connectivity index (χ2n) is 2.35. The summed E-state index contributed by atoms with van der Waals surface area (Å²) in [7, 11) is 0. The van der Waals surface area contributed by atoms with Gasteiger partial charge in [0.2, 0.25) is 0 Å². The average molecular weight is 214 g/mol. The Morgan fingerprint density at radius 1 is 1.29 bits per heavy atom. The molecule has 3 heteroatoms. The van der Waals surface area contributed by atoms with Gasteiger partial charge < -0.3 is 4.84 Å². The summed E-state index contributed by atoms with van der Waals surface area (Å²) < 4.78 is 0. The van der Waals surface area contributed by atoms with Gasteiger partial charge in [-0.3, -0.25) is 0 Å². The van der Waals surface area contributed by atoms with Crippen molar-refractivity contribution in [1.82, 2.24) is 0 Å². The van der Waals surface area contributed by atoms with Gasteiger partial charge in [-0.2, -0.15) is 0 Å². The minimum Gasteiger partial charge on any atom is -0.390 e. The molecule has 1 aromatic rings. The third-order valence-corrected chi connectivity index (χ3v) is 1.33. The largest absolute Gasteiger partial charge is 0.390 e. The van der Waals surface area contributed by atoms with E-state index in [0.717, 1.165) is 5.56 Å². The van der Waals surface area contributed by atoms with E-state index in [0.29, 0.717) is 11.8 Å². The van der Waals surface area contributed by atoms with Crippen molar-refractivity contribution in [3.8, 4) is 0 Å². The molecule has 0 fully saturated rings. The Hall–Kier alpha value is -1.02. The van der Waals surface area contributed by atoms with Crippen LogP contribution in [0.1, 0.15) is 26.3 Å². The summed E-state index contributed by atoms with van der Waals surface area (Å²) in [5.74, 6) is 0. The second kappa shape index (κ2) is 8.57. The maximum Gasteiger partial charge on any atom is 0.142 e. The fourth-order valence-corrected chi connectivity index (χ4v) is 0.819. The van der Waals surface area contributed by atoms with Gasteiger partial charge in [0.15, 0.2) is 0 Å². The van der Waals surface area contributed by atoms with Crippen molar-refractivity contribution in [2.45, 2.75) is 27.4 Å². The van der Waals surface area contributed by atoms with Gasteiger partial charge in [-0.05, 0) is 12.5 Å². The monoisotopic (exact) mass is 213 g/mol. The maximum absolute atomic E-state index is 5.47. The van der Waals surface area contributed by atoms with Gasteiger partial charge in [0.1, 0.15) is 11.8 Å². The first-order valence-corrected chi connectivity index (χ1v) is 5.03. The van der Waals surface area contributed by atoms with Gasteiger partial charge in [-0.15, -0.1) is 0 Å². The number of hydrogen-bond donors (Lipinski definition) is 0. The lowest BCUT2D eigenvalue weighted by molar-refractivity contribution is 0.131. The summed E-state index contributed by atoms with van der Waals surface area (Å²) in [4.78, 5) is 4.94. The molecule has 1 rings (SSSR count). The van der Waals surface area contributed by atoms with Crippen molar-refractivity contribution in [2.24, 2.45) is 5.16 Å². The summed E-state index contributed by atoms with van der Waals surface area (Å²) in [5.41, 5.74) is 1.08. The molecule has 0 aliphatic rings. The Labute approximate surface area is 90.5 Å². The van der Waals surface area contributed by atoms with Crippen LogP contribution in [0.5, 0.6) is 0 Å². The van der Waals surface area contributed by atoms with Crippen molar-refractivity contribution in [3.63, 3.8) is 0 Å². The number of nitrogens with zero attached hydrogens (tertiary/aromatic N) is 1. The summed E-state index contributed by atoms with van der Waals surface area (Å²) in [6, 6.07) is 9.81. The Kier molecular flexibility index (Phi) is 7.95. The van der Waals surface area contributed by atoms with Crippen LogP contribution in [0.15, 0.2) is 35.5 Å². The summed E-state index contributed by atoms with van der Waals surface area (Å²) in [5, 5.41) is 4.01. The standard InChI is InChI=1S/C9H10ClNO.C2H6/c1-8(10)11-12-7-9-5-3-2-4-6-9;1-2/h2-6H,7H2,1H3;1-2H3/b11-8-;. The molecule has 0 spiro atoms. The van der Waals surface area contributed by atoms with Crippen LogP contribution < -0.4 is 0 Å².